The number of amides is 1. The number of imidazole rings is 1. The quantitative estimate of drug-likeness (QED) is 0.329. The normalized spacial score (nSPS) is 11.3. The second-order valence-electron chi connectivity index (χ2n) is 8.09. The first kappa shape index (κ1) is 21.9. The lowest BCUT2D eigenvalue weighted by Crippen LogP contribution is -2.20. The van der Waals surface area contributed by atoms with Gasteiger partial charge < -0.3 is 8.98 Å². The predicted molar refractivity (Wildman–Crippen MR) is 133 cm³/mol. The molecule has 0 unspecified atom stereocenters. The Morgan fingerprint density at radius 2 is 1.97 bits per heavy atom. The Balaban J connectivity index is 1.69. The van der Waals surface area contributed by atoms with Crippen molar-refractivity contribution < 1.29 is 9.21 Å². The summed E-state index contributed by atoms with van der Waals surface area (Å²) in [6, 6.07) is 15.5. The van der Waals surface area contributed by atoms with E-state index >= 15 is 0 Å². The Morgan fingerprint density at radius 3 is 2.68 bits per heavy atom. The topological polar surface area (TPSA) is 102 Å². The third kappa shape index (κ3) is 3.76. The predicted octanol–water partition coefficient (Wildman–Crippen LogP) is 5.55. The summed E-state index contributed by atoms with van der Waals surface area (Å²) in [5.41, 5.74) is 4.59. The van der Waals surface area contributed by atoms with Crippen LogP contribution in [-0.4, -0.2) is 25.2 Å². The van der Waals surface area contributed by atoms with Crippen LogP contribution in [0.25, 0.3) is 22.0 Å². The number of aryl methyl sites for hydroxylation is 3. The summed E-state index contributed by atoms with van der Waals surface area (Å²) in [7, 11) is 0. The molecule has 1 N–H and O–H groups in total. The average Bonchev–Trinajstić information content (AvgIpc) is 3.49. The highest BCUT2D eigenvalue weighted by Gasteiger charge is 2.22. The van der Waals surface area contributed by atoms with Gasteiger partial charge in [0.15, 0.2) is 5.58 Å². The van der Waals surface area contributed by atoms with Crippen molar-refractivity contribution in [1.29, 1.82) is 5.26 Å². The van der Waals surface area contributed by atoms with Gasteiger partial charge >= 0.3 is 0 Å². The van der Waals surface area contributed by atoms with E-state index in [1.54, 1.807) is 16.8 Å². The molecule has 0 aliphatic heterocycles. The van der Waals surface area contributed by atoms with E-state index in [9.17, 15) is 10.1 Å². The highest BCUT2D eigenvalue weighted by molar-refractivity contribution is 9.10. The molecule has 8 nitrogen and oxygen atoms in total. The molecule has 0 radical (unpaired) electrons. The largest absolute Gasteiger partial charge is 0.460 e. The van der Waals surface area contributed by atoms with Crippen molar-refractivity contribution >= 4 is 49.8 Å². The van der Waals surface area contributed by atoms with Gasteiger partial charge in [0.1, 0.15) is 17.5 Å². The van der Waals surface area contributed by atoms with Gasteiger partial charge in [-0.3, -0.25) is 14.8 Å². The maximum absolute atomic E-state index is 13.2. The molecule has 0 bridgehead atoms. The van der Waals surface area contributed by atoms with E-state index in [1.165, 1.54) is 0 Å². The van der Waals surface area contributed by atoms with Gasteiger partial charge in [-0.1, -0.05) is 28.1 Å². The van der Waals surface area contributed by atoms with Crippen LogP contribution >= 0.6 is 15.9 Å². The van der Waals surface area contributed by atoms with E-state index in [0.29, 0.717) is 47.2 Å². The molecule has 0 fully saturated rings. The number of carbonyl (C=O) groups excluding carboxylic acids is 1. The summed E-state index contributed by atoms with van der Waals surface area (Å²) in [6.07, 6.45) is 0. The molecule has 5 rings (SSSR count). The van der Waals surface area contributed by atoms with Crippen LogP contribution in [-0.2, 0) is 13.1 Å². The van der Waals surface area contributed by atoms with Crippen LogP contribution in [0.5, 0.6) is 0 Å². The fourth-order valence-corrected chi connectivity index (χ4v) is 4.45. The zero-order valence-electron chi connectivity index (χ0n) is 18.9. The fourth-order valence-electron chi connectivity index (χ4n) is 4.19. The number of fused-ring (bicyclic) bond motifs is 3. The Bertz CT molecular complexity index is 1600. The average molecular weight is 517 g/mol. The number of anilines is 1. The number of carbonyl (C=O) groups is 1. The number of hydrogen-bond donors (Lipinski definition) is 1. The molecular formula is C25H21BrN6O2. The third-order valence-corrected chi connectivity index (χ3v) is 6.19. The molecule has 1 amide bonds. The summed E-state index contributed by atoms with van der Waals surface area (Å²) in [4.78, 5) is 17.9. The fraction of sp³-hybridized carbons (Fsp3) is 0.200. The molecule has 0 atom stereocenters. The SMILES string of the molecule is CCn1nc(C)cc1C(=O)Nc1nc2cc(C#N)c3oc(C)cc3c2n1Cc1ccc(Br)cc1. The molecule has 0 saturated carbocycles. The summed E-state index contributed by atoms with van der Waals surface area (Å²) >= 11 is 3.48. The molecule has 0 aliphatic rings. The zero-order valence-corrected chi connectivity index (χ0v) is 20.5. The summed E-state index contributed by atoms with van der Waals surface area (Å²) in [5.74, 6) is 0.790. The highest BCUT2D eigenvalue weighted by atomic mass is 79.9. The van der Waals surface area contributed by atoms with Crippen molar-refractivity contribution in [3.8, 4) is 6.07 Å². The third-order valence-electron chi connectivity index (χ3n) is 5.66. The lowest BCUT2D eigenvalue weighted by Gasteiger charge is -2.11. The first-order valence-corrected chi connectivity index (χ1v) is 11.6. The van der Waals surface area contributed by atoms with Crippen molar-refractivity contribution in [2.24, 2.45) is 0 Å². The number of nitrogens with one attached hydrogen (secondary N) is 1. The number of halogens is 1. The molecular weight excluding hydrogens is 496 g/mol. The lowest BCUT2D eigenvalue weighted by molar-refractivity contribution is 0.101. The van der Waals surface area contributed by atoms with Gasteiger partial charge in [0.05, 0.1) is 28.8 Å². The van der Waals surface area contributed by atoms with Crippen LogP contribution in [0.3, 0.4) is 0 Å². The summed E-state index contributed by atoms with van der Waals surface area (Å²) < 4.78 is 10.4. The van der Waals surface area contributed by atoms with Gasteiger partial charge in [-0.25, -0.2) is 4.98 Å². The smallest absolute Gasteiger partial charge is 0.276 e. The van der Waals surface area contributed by atoms with E-state index in [4.69, 9.17) is 9.40 Å². The Hall–Kier alpha value is -3.90. The first-order valence-electron chi connectivity index (χ1n) is 10.8. The van der Waals surface area contributed by atoms with Crippen LogP contribution in [0.2, 0.25) is 0 Å². The van der Waals surface area contributed by atoms with Gasteiger partial charge in [0.2, 0.25) is 5.95 Å². The van der Waals surface area contributed by atoms with Crippen LogP contribution in [0, 0.1) is 25.2 Å². The maximum Gasteiger partial charge on any atom is 0.276 e. The second kappa shape index (κ2) is 8.47. The zero-order chi connectivity index (χ0) is 24.0. The van der Waals surface area contributed by atoms with Crippen molar-refractivity contribution in [3.05, 3.63) is 75.2 Å². The van der Waals surface area contributed by atoms with Crippen molar-refractivity contribution in [3.63, 3.8) is 0 Å². The minimum atomic E-state index is -0.296. The van der Waals surface area contributed by atoms with Gasteiger partial charge in [0, 0.05) is 16.4 Å². The van der Waals surface area contributed by atoms with E-state index in [1.807, 2.05) is 55.7 Å². The number of benzene rings is 2. The van der Waals surface area contributed by atoms with E-state index in [2.05, 4.69) is 32.4 Å². The van der Waals surface area contributed by atoms with Gasteiger partial charge in [0.25, 0.3) is 5.91 Å². The number of furan rings is 1. The van der Waals surface area contributed by atoms with Crippen molar-refractivity contribution in [1.82, 2.24) is 19.3 Å². The lowest BCUT2D eigenvalue weighted by atomic mass is 10.1. The molecule has 2 aromatic carbocycles. The number of rotatable bonds is 5. The number of hydrogen-bond acceptors (Lipinski definition) is 5. The van der Waals surface area contributed by atoms with E-state index < -0.39 is 0 Å². The first-order chi connectivity index (χ1) is 16.4. The second-order valence-corrected chi connectivity index (χ2v) is 9.01. The Morgan fingerprint density at radius 1 is 1.21 bits per heavy atom. The minimum Gasteiger partial charge on any atom is -0.460 e. The van der Waals surface area contributed by atoms with Crippen molar-refractivity contribution in [2.45, 2.75) is 33.9 Å². The van der Waals surface area contributed by atoms with Gasteiger partial charge in [-0.15, -0.1) is 0 Å². The van der Waals surface area contributed by atoms with Gasteiger partial charge in [-0.2, -0.15) is 10.4 Å². The Labute approximate surface area is 203 Å². The number of aromatic nitrogens is 4. The minimum absolute atomic E-state index is 0.296. The standard InChI is InChI=1S/C25H21BrN6O2/c1-4-32-21(9-14(2)30-32)24(33)29-25-28-20-11-17(12-27)23-19(10-15(3)34-23)22(20)31(25)13-16-5-7-18(26)8-6-16/h5-11H,4,13H2,1-3H3,(H,28,29,33). The molecule has 170 valence electrons. The van der Waals surface area contributed by atoms with Crippen LogP contribution < -0.4 is 5.32 Å². The van der Waals surface area contributed by atoms with Crippen LogP contribution in [0.1, 0.15) is 40.0 Å². The molecule has 34 heavy (non-hydrogen) atoms. The highest BCUT2D eigenvalue weighted by Crippen LogP contribution is 2.34. The summed E-state index contributed by atoms with van der Waals surface area (Å²) in [6.45, 7) is 6.68. The molecule has 0 spiro atoms. The number of nitriles is 1. The maximum atomic E-state index is 13.2. The molecule has 0 aliphatic carbocycles. The molecule has 3 aromatic heterocycles. The number of nitrogens with zero attached hydrogens (tertiary/aromatic N) is 5. The molecule has 9 heteroatoms. The monoisotopic (exact) mass is 516 g/mol. The van der Waals surface area contributed by atoms with E-state index in [0.717, 1.165) is 26.6 Å². The van der Waals surface area contributed by atoms with Crippen LogP contribution in [0.15, 0.2) is 51.4 Å². The summed E-state index contributed by atoms with van der Waals surface area (Å²) in [5, 5.41) is 17.8. The van der Waals surface area contributed by atoms with E-state index in [-0.39, 0.29) is 5.91 Å². The molecule has 5 aromatic rings. The molecule has 0 saturated heterocycles. The molecule has 3 heterocycles. The van der Waals surface area contributed by atoms with Crippen LogP contribution in [0.4, 0.5) is 5.95 Å². The van der Waals surface area contributed by atoms with Crippen molar-refractivity contribution in [2.75, 3.05) is 5.32 Å². The van der Waals surface area contributed by atoms with Gasteiger partial charge in [-0.05, 0) is 56.7 Å². The Kier molecular flexibility index (Phi) is 5.46.